The van der Waals surface area contributed by atoms with E-state index in [-0.39, 0.29) is 52.4 Å². The second-order valence-electron chi connectivity index (χ2n) is 12.7. The van der Waals surface area contributed by atoms with Crippen molar-refractivity contribution >= 4 is 77.8 Å². The molecule has 0 aliphatic carbocycles. The number of amides is 1. The van der Waals surface area contributed by atoms with Gasteiger partial charge in [0.25, 0.3) is 26.0 Å². The van der Waals surface area contributed by atoms with E-state index >= 15 is 0 Å². The zero-order chi connectivity index (χ0) is 35.8. The molecule has 0 aromatic heterocycles. The SMILES string of the molecule is CCCCCCCCCCCCCCCCOc1ccc(C(=O)Nc2ccc(S(=O)(=O)Nc3cccc4ccccc34)cc2)cc1S(=O)(=O)O.[Na]. The van der Waals surface area contributed by atoms with E-state index in [0.717, 1.165) is 42.5 Å². The molecule has 1 radical (unpaired) electrons. The fourth-order valence-electron chi connectivity index (χ4n) is 5.89. The summed E-state index contributed by atoms with van der Waals surface area (Å²) in [4.78, 5) is 12.5. The molecule has 4 aromatic carbocycles. The molecule has 9 nitrogen and oxygen atoms in total. The number of carbonyl (C=O) groups is 1. The summed E-state index contributed by atoms with van der Waals surface area (Å²) in [5.41, 5.74) is 0.726. The first-order chi connectivity index (χ1) is 24.1. The van der Waals surface area contributed by atoms with Gasteiger partial charge in [-0.2, -0.15) is 8.42 Å². The number of unbranched alkanes of at least 4 members (excludes halogenated alkanes) is 13. The van der Waals surface area contributed by atoms with Crippen LogP contribution in [0.1, 0.15) is 107 Å². The minimum Gasteiger partial charge on any atom is -0.492 e. The average Bonchev–Trinajstić information content (AvgIpc) is 3.10. The van der Waals surface area contributed by atoms with Gasteiger partial charge in [-0.15, -0.1) is 0 Å². The molecule has 4 rings (SSSR count). The maximum Gasteiger partial charge on any atom is 0.298 e. The smallest absolute Gasteiger partial charge is 0.298 e. The first kappa shape index (κ1) is 42.5. The molecule has 0 saturated carbocycles. The van der Waals surface area contributed by atoms with E-state index in [0.29, 0.717) is 11.4 Å². The van der Waals surface area contributed by atoms with Gasteiger partial charge < -0.3 is 10.1 Å². The van der Waals surface area contributed by atoms with Gasteiger partial charge in [0.1, 0.15) is 10.6 Å². The molecule has 0 saturated heterocycles. The molecule has 0 atom stereocenters. The number of carbonyl (C=O) groups excluding carboxylic acids is 1. The fourth-order valence-corrected chi connectivity index (χ4v) is 7.62. The van der Waals surface area contributed by atoms with Crippen molar-refractivity contribution in [1.82, 2.24) is 0 Å². The van der Waals surface area contributed by atoms with Crippen LogP contribution in [0, 0.1) is 0 Å². The van der Waals surface area contributed by atoms with Gasteiger partial charge in [0.05, 0.1) is 17.2 Å². The minimum atomic E-state index is -4.67. The van der Waals surface area contributed by atoms with E-state index < -0.39 is 30.9 Å². The van der Waals surface area contributed by atoms with E-state index in [1.165, 1.54) is 101 Å². The third-order valence-electron chi connectivity index (χ3n) is 8.70. The Bertz CT molecular complexity index is 1900. The van der Waals surface area contributed by atoms with Crippen LogP contribution in [0.4, 0.5) is 11.4 Å². The normalized spacial score (nSPS) is 11.6. The molecule has 0 fully saturated rings. The zero-order valence-electron chi connectivity index (χ0n) is 29.9. The van der Waals surface area contributed by atoms with Crippen LogP contribution < -0.4 is 14.8 Å². The van der Waals surface area contributed by atoms with Crippen molar-refractivity contribution in [2.45, 2.75) is 107 Å². The van der Waals surface area contributed by atoms with Crippen molar-refractivity contribution in [1.29, 1.82) is 0 Å². The summed E-state index contributed by atoms with van der Waals surface area (Å²) < 4.78 is 68.7. The molecule has 0 aliphatic heterocycles. The van der Waals surface area contributed by atoms with Crippen molar-refractivity contribution in [3.05, 3.63) is 90.5 Å². The number of anilines is 2. The van der Waals surface area contributed by atoms with E-state index in [9.17, 15) is 26.2 Å². The fraction of sp³-hybridized carbons (Fsp3) is 0.410. The largest absolute Gasteiger partial charge is 0.492 e. The molecule has 271 valence electrons. The van der Waals surface area contributed by atoms with Crippen LogP contribution in [0.2, 0.25) is 0 Å². The maximum absolute atomic E-state index is 13.1. The Morgan fingerprint density at radius 1 is 0.686 bits per heavy atom. The van der Waals surface area contributed by atoms with Gasteiger partial charge in [-0.25, -0.2) is 8.42 Å². The quantitative estimate of drug-likeness (QED) is 0.0414. The predicted molar refractivity (Wildman–Crippen MR) is 207 cm³/mol. The number of sulfonamides is 1. The average molecular weight is 746 g/mol. The summed E-state index contributed by atoms with van der Waals surface area (Å²) in [6.45, 7) is 2.53. The molecule has 51 heavy (non-hydrogen) atoms. The molecular formula is C39H50N2NaO7S2. The van der Waals surface area contributed by atoms with Gasteiger partial charge in [-0.05, 0) is 60.3 Å². The van der Waals surface area contributed by atoms with Crippen LogP contribution >= 0.6 is 0 Å². The number of fused-ring (bicyclic) bond motifs is 1. The summed E-state index contributed by atoms with van der Waals surface area (Å²) >= 11 is 0. The molecule has 0 heterocycles. The Labute approximate surface area is 326 Å². The van der Waals surface area contributed by atoms with Crippen molar-refractivity contribution in [2.24, 2.45) is 0 Å². The summed E-state index contributed by atoms with van der Waals surface area (Å²) in [6.07, 6.45) is 17.1. The van der Waals surface area contributed by atoms with Gasteiger partial charge >= 0.3 is 0 Å². The topological polar surface area (TPSA) is 139 Å². The molecule has 3 N–H and O–H groups in total. The number of benzene rings is 4. The number of hydrogen-bond donors (Lipinski definition) is 3. The monoisotopic (exact) mass is 745 g/mol. The Hall–Kier alpha value is -2.93. The van der Waals surface area contributed by atoms with Crippen molar-refractivity contribution in [3.63, 3.8) is 0 Å². The van der Waals surface area contributed by atoms with Crippen LogP contribution in [0.25, 0.3) is 10.8 Å². The zero-order valence-corrected chi connectivity index (χ0v) is 33.5. The molecule has 0 aliphatic rings. The van der Waals surface area contributed by atoms with Crippen LogP contribution in [-0.2, 0) is 20.1 Å². The molecule has 0 unspecified atom stereocenters. The minimum absolute atomic E-state index is 0. The van der Waals surface area contributed by atoms with Crippen molar-refractivity contribution in [2.75, 3.05) is 16.6 Å². The molecule has 1 amide bonds. The van der Waals surface area contributed by atoms with Crippen LogP contribution in [0.15, 0.2) is 94.7 Å². The Morgan fingerprint density at radius 3 is 1.86 bits per heavy atom. The maximum atomic E-state index is 13.1. The Morgan fingerprint density at radius 2 is 1.25 bits per heavy atom. The van der Waals surface area contributed by atoms with Gasteiger partial charge in [0.15, 0.2) is 0 Å². The second kappa shape index (κ2) is 21.6. The van der Waals surface area contributed by atoms with Crippen molar-refractivity contribution < 1.29 is 30.9 Å². The van der Waals surface area contributed by atoms with Gasteiger partial charge in [0.2, 0.25) is 0 Å². The van der Waals surface area contributed by atoms with E-state index in [1.54, 1.807) is 12.1 Å². The molecule has 12 heteroatoms. The second-order valence-corrected chi connectivity index (χ2v) is 15.8. The van der Waals surface area contributed by atoms with Crippen LogP contribution in [0.5, 0.6) is 5.75 Å². The summed E-state index contributed by atoms with van der Waals surface area (Å²) in [7, 11) is -8.60. The van der Waals surface area contributed by atoms with Crippen LogP contribution in [0.3, 0.4) is 0 Å². The van der Waals surface area contributed by atoms with Crippen LogP contribution in [-0.4, -0.2) is 63.5 Å². The van der Waals surface area contributed by atoms with E-state index in [2.05, 4.69) is 17.0 Å². The Kier molecular flexibility index (Phi) is 18.0. The molecule has 0 bridgehead atoms. The first-order valence-electron chi connectivity index (χ1n) is 17.7. The molecule has 0 spiro atoms. The number of ether oxygens (including phenoxy) is 1. The first-order valence-corrected chi connectivity index (χ1v) is 20.7. The number of nitrogens with one attached hydrogen (secondary N) is 2. The van der Waals surface area contributed by atoms with Gasteiger partial charge in [-0.3, -0.25) is 14.1 Å². The van der Waals surface area contributed by atoms with Gasteiger partial charge in [0, 0.05) is 46.2 Å². The molecular weight excluding hydrogens is 696 g/mol. The van der Waals surface area contributed by atoms with E-state index in [4.69, 9.17) is 4.74 Å². The van der Waals surface area contributed by atoms with Crippen molar-refractivity contribution in [3.8, 4) is 5.75 Å². The summed E-state index contributed by atoms with van der Waals surface area (Å²) in [6, 6.07) is 22.2. The number of rotatable bonds is 22. The van der Waals surface area contributed by atoms with Gasteiger partial charge in [-0.1, -0.05) is 127 Å². The summed E-state index contributed by atoms with van der Waals surface area (Å²) in [5, 5.41) is 4.30. The molecule has 4 aromatic rings. The summed E-state index contributed by atoms with van der Waals surface area (Å²) in [5.74, 6) is -0.662. The number of hydrogen-bond acceptors (Lipinski definition) is 6. The standard InChI is InChI=1S/C39H50N2O7S2.Na/c1-2-3-4-5-6-7-8-9-10-11-12-13-14-17-29-48-37-28-23-32(30-38(37)50(45,46)47)39(42)40-33-24-26-34(27-25-33)49(43,44)41-36-22-18-20-31-19-15-16-21-35(31)36;/h15-16,18-28,30,41H,2-14,17,29H2,1H3,(H,40,42)(H,45,46,47);. The predicted octanol–water partition coefficient (Wildman–Crippen LogP) is 9.62. The third kappa shape index (κ3) is 13.9. The van der Waals surface area contributed by atoms with E-state index in [1.807, 2.05) is 30.3 Å². The third-order valence-corrected chi connectivity index (χ3v) is 11.0. The Balaban J connectivity index is 0.00000702.